The Balaban J connectivity index is 0.968. The maximum atomic E-state index is 2.79. The molecule has 0 saturated carbocycles. The van der Waals surface area contributed by atoms with Crippen molar-refractivity contribution in [2.24, 2.45) is 11.3 Å². The number of aryl methyl sites for hydroxylation is 1. The third kappa shape index (κ3) is 5.67. The Hall–Kier alpha value is -6.84. The van der Waals surface area contributed by atoms with E-state index in [1.165, 1.54) is 101 Å². The first kappa shape index (κ1) is 38.6. The van der Waals surface area contributed by atoms with Gasteiger partial charge in [0.15, 0.2) is 0 Å². The standard InChI is InChI=1S/C62H55N3/c1-61(2)52-28-17-29-53-60(52)65-58-50(51-38-47(39-55(59(51)65)62(53,3)4)63(44-22-7-5-8-23-44)45-24-9-6-10-25-45)36-43(37-54(58)61)40-32-34-46(35-33-40)64(56-30-15-20-41-18-11-13-26-48(41)56)57-31-16-21-42-19-12-14-27-49(42)57/h5,7-9,11-15,17-20,22-28,30-35,37-39,50,53H,6,10,16,21,29,36H2,1-4H3. The smallest absolute Gasteiger partial charge is 0.0540 e. The lowest BCUT2D eigenvalue weighted by molar-refractivity contribution is 0.333. The molecular weight excluding hydrogens is 787 g/mol. The molecule has 3 aliphatic heterocycles. The summed E-state index contributed by atoms with van der Waals surface area (Å²) < 4.78 is 0. The third-order valence-corrected chi connectivity index (χ3v) is 16.0. The van der Waals surface area contributed by atoms with Crippen molar-refractivity contribution in [2.75, 3.05) is 14.7 Å². The van der Waals surface area contributed by atoms with E-state index in [2.05, 4.69) is 218 Å². The van der Waals surface area contributed by atoms with Gasteiger partial charge in [0.05, 0.1) is 11.4 Å². The maximum absolute atomic E-state index is 2.79. The van der Waals surface area contributed by atoms with Gasteiger partial charge in [-0.15, -0.1) is 0 Å². The summed E-state index contributed by atoms with van der Waals surface area (Å²) in [5, 5.41) is 2.51. The second kappa shape index (κ2) is 14.3. The van der Waals surface area contributed by atoms with Crippen LogP contribution in [0.1, 0.15) is 93.5 Å². The van der Waals surface area contributed by atoms with Gasteiger partial charge in [-0.05, 0) is 131 Å². The van der Waals surface area contributed by atoms with Crippen LogP contribution in [0.5, 0.6) is 0 Å². The highest BCUT2D eigenvalue weighted by molar-refractivity contribution is 6.02. The molecule has 65 heavy (non-hydrogen) atoms. The van der Waals surface area contributed by atoms with Crippen molar-refractivity contribution in [3.8, 4) is 0 Å². The van der Waals surface area contributed by atoms with Crippen LogP contribution in [0.2, 0.25) is 0 Å². The number of rotatable bonds is 7. The molecule has 0 saturated heterocycles. The average molecular weight is 842 g/mol. The van der Waals surface area contributed by atoms with Crippen LogP contribution < -0.4 is 14.7 Å². The third-order valence-electron chi connectivity index (χ3n) is 16.0. The summed E-state index contributed by atoms with van der Waals surface area (Å²) in [6.07, 6.45) is 23.4. The summed E-state index contributed by atoms with van der Waals surface area (Å²) in [7, 11) is 0. The molecule has 7 aliphatic rings. The number of fused-ring (bicyclic) bond motifs is 3. The van der Waals surface area contributed by atoms with Crippen molar-refractivity contribution in [3.05, 3.63) is 232 Å². The lowest BCUT2D eigenvalue weighted by Crippen LogP contribution is -2.47. The molecule has 2 atom stereocenters. The van der Waals surface area contributed by atoms with E-state index in [4.69, 9.17) is 0 Å². The number of para-hydroxylation sites is 1. The Kier molecular flexibility index (Phi) is 8.51. The van der Waals surface area contributed by atoms with Crippen molar-refractivity contribution in [1.82, 2.24) is 0 Å². The minimum absolute atomic E-state index is 0.0565. The lowest BCUT2D eigenvalue weighted by atomic mass is 9.60. The first-order chi connectivity index (χ1) is 31.8. The van der Waals surface area contributed by atoms with Crippen LogP contribution in [0.25, 0.3) is 22.0 Å². The van der Waals surface area contributed by atoms with Gasteiger partial charge in [-0.2, -0.15) is 0 Å². The molecular formula is C62H55N3. The second-order valence-corrected chi connectivity index (χ2v) is 20.3. The van der Waals surface area contributed by atoms with Gasteiger partial charge in [0.2, 0.25) is 0 Å². The molecule has 3 heterocycles. The van der Waals surface area contributed by atoms with Gasteiger partial charge in [-0.3, -0.25) is 0 Å². The highest BCUT2D eigenvalue weighted by Gasteiger charge is 2.56. The van der Waals surface area contributed by atoms with Gasteiger partial charge >= 0.3 is 0 Å². The number of hydrogen-bond acceptors (Lipinski definition) is 3. The van der Waals surface area contributed by atoms with E-state index in [0.29, 0.717) is 5.92 Å². The summed E-state index contributed by atoms with van der Waals surface area (Å²) in [5.74, 6) is 0.648. The minimum atomic E-state index is -0.140. The molecule has 0 N–H and O–H groups in total. The quantitative estimate of drug-likeness (QED) is 0.159. The Labute approximate surface area is 384 Å². The second-order valence-electron chi connectivity index (χ2n) is 20.3. The van der Waals surface area contributed by atoms with Crippen LogP contribution in [0.3, 0.4) is 0 Å². The van der Waals surface area contributed by atoms with Gasteiger partial charge < -0.3 is 14.7 Å². The summed E-state index contributed by atoms with van der Waals surface area (Å²) in [6.45, 7) is 10.0. The van der Waals surface area contributed by atoms with Crippen LogP contribution >= 0.6 is 0 Å². The van der Waals surface area contributed by atoms with E-state index in [1.54, 1.807) is 5.70 Å². The zero-order chi connectivity index (χ0) is 43.6. The van der Waals surface area contributed by atoms with Gasteiger partial charge in [-0.25, -0.2) is 0 Å². The monoisotopic (exact) mass is 841 g/mol. The molecule has 318 valence electrons. The number of hydrogen-bond donors (Lipinski definition) is 0. The minimum Gasteiger partial charge on any atom is -0.316 e. The van der Waals surface area contributed by atoms with Gasteiger partial charge in [0, 0.05) is 73.5 Å². The topological polar surface area (TPSA) is 9.72 Å². The summed E-state index contributed by atoms with van der Waals surface area (Å²) >= 11 is 0. The van der Waals surface area contributed by atoms with Crippen LogP contribution in [0.4, 0.5) is 28.4 Å². The fourth-order valence-electron chi connectivity index (χ4n) is 12.8. The fraction of sp³-hybridized carbons (Fsp3) is 0.226. The largest absolute Gasteiger partial charge is 0.316 e. The molecule has 0 aromatic heterocycles. The van der Waals surface area contributed by atoms with Crippen LogP contribution in [-0.4, -0.2) is 0 Å². The Morgan fingerprint density at radius 1 is 0.631 bits per heavy atom. The molecule has 0 amide bonds. The number of allylic oxidation sites excluding steroid dienone is 12. The Morgan fingerprint density at radius 2 is 1.42 bits per heavy atom. The van der Waals surface area contributed by atoms with Gasteiger partial charge in [-0.1, -0.05) is 155 Å². The van der Waals surface area contributed by atoms with Gasteiger partial charge in [0.1, 0.15) is 0 Å². The number of benzene rings is 6. The summed E-state index contributed by atoms with van der Waals surface area (Å²) in [4.78, 5) is 7.83. The lowest BCUT2D eigenvalue weighted by Gasteiger charge is -2.54. The predicted octanol–water partition coefficient (Wildman–Crippen LogP) is 16.1. The number of anilines is 5. The molecule has 6 aromatic rings. The molecule has 4 aliphatic carbocycles. The van der Waals surface area contributed by atoms with Crippen LogP contribution in [0, 0.1) is 11.3 Å². The normalized spacial score (nSPS) is 21.4. The van der Waals surface area contributed by atoms with Crippen molar-refractivity contribution in [2.45, 2.75) is 77.6 Å². The van der Waals surface area contributed by atoms with E-state index < -0.39 is 0 Å². The summed E-state index contributed by atoms with van der Waals surface area (Å²) in [6, 6.07) is 50.3. The molecule has 0 bridgehead atoms. The Bertz CT molecular complexity index is 3210. The van der Waals surface area contributed by atoms with E-state index in [1.807, 2.05) is 0 Å². The molecule has 3 nitrogen and oxygen atoms in total. The molecule has 13 rings (SSSR count). The molecule has 0 radical (unpaired) electrons. The van der Waals surface area contributed by atoms with Crippen LogP contribution in [-0.2, 0) is 11.8 Å². The average Bonchev–Trinajstić information content (AvgIpc) is 3.68. The van der Waals surface area contributed by atoms with E-state index >= 15 is 0 Å². The van der Waals surface area contributed by atoms with Crippen molar-refractivity contribution >= 4 is 50.5 Å². The van der Waals surface area contributed by atoms with Gasteiger partial charge in [0.25, 0.3) is 0 Å². The first-order valence-electron chi connectivity index (χ1n) is 24.0. The zero-order valence-electron chi connectivity index (χ0n) is 38.0. The fourth-order valence-corrected chi connectivity index (χ4v) is 12.8. The predicted molar refractivity (Wildman–Crippen MR) is 273 cm³/mol. The van der Waals surface area contributed by atoms with E-state index in [-0.39, 0.29) is 16.7 Å². The van der Waals surface area contributed by atoms with E-state index in [9.17, 15) is 0 Å². The molecule has 0 fully saturated rings. The zero-order valence-corrected chi connectivity index (χ0v) is 38.0. The maximum Gasteiger partial charge on any atom is 0.0540 e. The first-order valence-corrected chi connectivity index (χ1v) is 24.0. The van der Waals surface area contributed by atoms with Crippen LogP contribution in [0.15, 0.2) is 204 Å². The molecule has 3 heteroatoms. The highest BCUT2D eigenvalue weighted by atomic mass is 15.2. The highest BCUT2D eigenvalue weighted by Crippen LogP contribution is 2.68. The Morgan fingerprint density at radius 3 is 2.26 bits per heavy atom. The summed E-state index contributed by atoms with van der Waals surface area (Å²) in [5.41, 5.74) is 23.1. The molecule has 0 spiro atoms. The SMILES string of the molecule is CC1(C)C2=C3C(CC(c4ccc(N(C5=CCCc6ccccc65)c5cccc6ccccc56)cc4)=C2)c2cc(N(C4=CCCC=C4)c4ccccc4)cc4c2N3C2=C1C=CCC2C4(C)C. The van der Waals surface area contributed by atoms with E-state index in [0.717, 1.165) is 38.5 Å². The van der Waals surface area contributed by atoms with Crippen molar-refractivity contribution in [1.29, 1.82) is 0 Å². The molecule has 6 aromatic carbocycles. The number of nitrogens with zero attached hydrogens (tertiary/aromatic N) is 3. The molecule has 2 unspecified atom stereocenters. The van der Waals surface area contributed by atoms with Crippen molar-refractivity contribution < 1.29 is 0 Å². The van der Waals surface area contributed by atoms with Crippen molar-refractivity contribution in [3.63, 3.8) is 0 Å².